The molecule has 0 bridgehead atoms. The Morgan fingerprint density at radius 1 is 1.14 bits per heavy atom. The maximum atomic E-state index is 6.27. The van der Waals surface area contributed by atoms with Crippen molar-refractivity contribution in [1.29, 1.82) is 0 Å². The standard InChI is InChI=1S/C22H23ClN4O/c1-15-11-22(26-16(2)25-15)27-9-10-28-21(14-27)20-8-7-17(13-24-20)12-18-5-3-4-6-19(18)23/h3-8,11,13,21H,9-10,12,14H2,1-2H3. The summed E-state index contributed by atoms with van der Waals surface area (Å²) >= 11 is 6.27. The monoisotopic (exact) mass is 394 g/mol. The second-order valence-corrected chi connectivity index (χ2v) is 7.49. The Hall–Kier alpha value is -2.50. The molecule has 1 aliphatic heterocycles. The van der Waals surface area contributed by atoms with Gasteiger partial charge in [0, 0.05) is 35.9 Å². The number of halogens is 1. The molecule has 6 heteroatoms. The van der Waals surface area contributed by atoms with Gasteiger partial charge in [0.05, 0.1) is 18.8 Å². The summed E-state index contributed by atoms with van der Waals surface area (Å²) in [6.45, 7) is 6.11. The van der Waals surface area contributed by atoms with Gasteiger partial charge in [0.1, 0.15) is 17.7 Å². The number of rotatable bonds is 4. The minimum atomic E-state index is -0.0707. The lowest BCUT2D eigenvalue weighted by molar-refractivity contribution is 0.0367. The molecular weight excluding hydrogens is 372 g/mol. The molecule has 1 saturated heterocycles. The zero-order valence-electron chi connectivity index (χ0n) is 16.1. The molecule has 0 aliphatic carbocycles. The third-order valence-corrected chi connectivity index (χ3v) is 5.24. The fourth-order valence-electron chi connectivity index (χ4n) is 3.49. The molecule has 0 radical (unpaired) electrons. The van der Waals surface area contributed by atoms with Gasteiger partial charge in [-0.2, -0.15) is 0 Å². The summed E-state index contributed by atoms with van der Waals surface area (Å²) in [5.74, 6) is 1.74. The fourth-order valence-corrected chi connectivity index (χ4v) is 3.69. The summed E-state index contributed by atoms with van der Waals surface area (Å²) in [6, 6.07) is 14.1. The fraction of sp³-hybridized carbons (Fsp3) is 0.318. The summed E-state index contributed by atoms with van der Waals surface area (Å²) in [4.78, 5) is 15.9. The van der Waals surface area contributed by atoms with Crippen LogP contribution in [0.4, 0.5) is 5.82 Å². The number of benzene rings is 1. The topological polar surface area (TPSA) is 51.1 Å². The summed E-state index contributed by atoms with van der Waals surface area (Å²) in [7, 11) is 0. The highest BCUT2D eigenvalue weighted by Gasteiger charge is 2.24. The molecule has 2 aromatic heterocycles. The van der Waals surface area contributed by atoms with Crippen molar-refractivity contribution in [2.75, 3.05) is 24.6 Å². The lowest BCUT2D eigenvalue weighted by atomic mass is 10.1. The summed E-state index contributed by atoms with van der Waals surface area (Å²) in [6.07, 6.45) is 2.61. The quantitative estimate of drug-likeness (QED) is 0.660. The highest BCUT2D eigenvalue weighted by molar-refractivity contribution is 6.31. The molecular formula is C22H23ClN4O. The van der Waals surface area contributed by atoms with Crippen LogP contribution in [0, 0.1) is 13.8 Å². The molecule has 28 heavy (non-hydrogen) atoms. The molecule has 1 unspecified atom stereocenters. The van der Waals surface area contributed by atoms with E-state index in [1.165, 1.54) is 0 Å². The number of aromatic nitrogens is 3. The smallest absolute Gasteiger partial charge is 0.132 e. The molecule has 144 valence electrons. The lowest BCUT2D eigenvalue weighted by Gasteiger charge is -2.33. The number of hydrogen-bond acceptors (Lipinski definition) is 5. The van der Waals surface area contributed by atoms with E-state index in [-0.39, 0.29) is 6.10 Å². The average Bonchev–Trinajstić information content (AvgIpc) is 2.70. The van der Waals surface area contributed by atoms with Crippen LogP contribution in [-0.2, 0) is 11.2 Å². The largest absolute Gasteiger partial charge is 0.368 e. The first-order valence-electron chi connectivity index (χ1n) is 9.45. The average molecular weight is 395 g/mol. The van der Waals surface area contributed by atoms with Gasteiger partial charge in [0.2, 0.25) is 0 Å². The molecule has 0 N–H and O–H groups in total. The van der Waals surface area contributed by atoms with Gasteiger partial charge >= 0.3 is 0 Å². The van der Waals surface area contributed by atoms with Gasteiger partial charge in [-0.1, -0.05) is 35.9 Å². The Bertz CT molecular complexity index is 941. The van der Waals surface area contributed by atoms with E-state index in [4.69, 9.17) is 16.3 Å². The Morgan fingerprint density at radius 3 is 2.75 bits per heavy atom. The molecule has 1 aromatic carbocycles. The van der Waals surface area contributed by atoms with E-state index in [9.17, 15) is 0 Å². The number of anilines is 1. The van der Waals surface area contributed by atoms with Crippen LogP contribution in [-0.4, -0.2) is 34.6 Å². The van der Waals surface area contributed by atoms with E-state index in [0.29, 0.717) is 6.61 Å². The highest BCUT2D eigenvalue weighted by Crippen LogP contribution is 2.25. The normalized spacial score (nSPS) is 17.0. The van der Waals surface area contributed by atoms with Crippen molar-refractivity contribution in [3.05, 3.63) is 82.0 Å². The molecule has 0 spiro atoms. The molecule has 4 rings (SSSR count). The summed E-state index contributed by atoms with van der Waals surface area (Å²) < 4.78 is 5.98. The van der Waals surface area contributed by atoms with E-state index in [1.807, 2.05) is 50.4 Å². The highest BCUT2D eigenvalue weighted by atomic mass is 35.5. The molecule has 1 fully saturated rings. The van der Waals surface area contributed by atoms with Crippen LogP contribution >= 0.6 is 11.6 Å². The number of hydrogen-bond donors (Lipinski definition) is 0. The van der Waals surface area contributed by atoms with Gasteiger partial charge in [0.25, 0.3) is 0 Å². The van der Waals surface area contributed by atoms with Crippen LogP contribution in [0.15, 0.2) is 48.7 Å². The van der Waals surface area contributed by atoms with E-state index < -0.39 is 0 Å². The zero-order chi connectivity index (χ0) is 19.5. The maximum absolute atomic E-state index is 6.27. The first kappa shape index (κ1) is 18.8. The number of aryl methyl sites for hydroxylation is 2. The van der Waals surface area contributed by atoms with E-state index in [0.717, 1.165) is 58.7 Å². The van der Waals surface area contributed by atoms with E-state index >= 15 is 0 Å². The van der Waals surface area contributed by atoms with Crippen LogP contribution in [0.3, 0.4) is 0 Å². The van der Waals surface area contributed by atoms with E-state index in [1.54, 1.807) is 0 Å². The predicted octanol–water partition coefficient (Wildman–Crippen LogP) is 4.31. The van der Waals surface area contributed by atoms with Crippen molar-refractivity contribution in [3.63, 3.8) is 0 Å². The summed E-state index contributed by atoms with van der Waals surface area (Å²) in [5.41, 5.74) is 4.16. The van der Waals surface area contributed by atoms with Crippen molar-refractivity contribution >= 4 is 17.4 Å². The van der Waals surface area contributed by atoms with Crippen molar-refractivity contribution in [1.82, 2.24) is 15.0 Å². The Morgan fingerprint density at radius 2 is 2.00 bits per heavy atom. The van der Waals surface area contributed by atoms with Gasteiger partial charge in [-0.25, -0.2) is 9.97 Å². The number of nitrogens with zero attached hydrogens (tertiary/aromatic N) is 4. The van der Waals surface area contributed by atoms with Crippen molar-refractivity contribution in [3.8, 4) is 0 Å². The number of morpholine rings is 1. The molecule has 0 amide bonds. The van der Waals surface area contributed by atoms with E-state index in [2.05, 4.69) is 32.0 Å². The SMILES string of the molecule is Cc1cc(N2CCOC(c3ccc(Cc4ccccc4Cl)cn3)C2)nc(C)n1. The van der Waals surface area contributed by atoms with Gasteiger partial charge in [-0.05, 0) is 37.1 Å². The Balaban J connectivity index is 1.47. The third-order valence-electron chi connectivity index (χ3n) is 4.87. The zero-order valence-corrected chi connectivity index (χ0v) is 16.9. The molecule has 3 heterocycles. The molecule has 1 atom stereocenters. The van der Waals surface area contributed by atoms with Gasteiger partial charge in [-0.15, -0.1) is 0 Å². The van der Waals surface area contributed by atoms with Gasteiger partial charge in [-0.3, -0.25) is 4.98 Å². The van der Waals surface area contributed by atoms with Crippen LogP contribution < -0.4 is 4.90 Å². The lowest BCUT2D eigenvalue weighted by Crippen LogP contribution is -2.39. The Kier molecular flexibility index (Phi) is 5.55. The first-order chi connectivity index (χ1) is 13.6. The first-order valence-corrected chi connectivity index (χ1v) is 9.83. The van der Waals surface area contributed by atoms with Crippen LogP contribution in [0.2, 0.25) is 5.02 Å². The number of ether oxygens (including phenoxy) is 1. The van der Waals surface area contributed by atoms with Crippen LogP contribution in [0.1, 0.15) is 34.4 Å². The van der Waals surface area contributed by atoms with Crippen LogP contribution in [0.5, 0.6) is 0 Å². The van der Waals surface area contributed by atoms with Crippen molar-refractivity contribution < 1.29 is 4.74 Å². The summed E-state index contributed by atoms with van der Waals surface area (Å²) in [5, 5.41) is 0.785. The molecule has 3 aromatic rings. The van der Waals surface area contributed by atoms with Gasteiger partial charge < -0.3 is 9.64 Å². The third kappa shape index (κ3) is 4.32. The van der Waals surface area contributed by atoms with Crippen molar-refractivity contribution in [2.24, 2.45) is 0 Å². The molecule has 1 aliphatic rings. The van der Waals surface area contributed by atoms with Crippen molar-refractivity contribution in [2.45, 2.75) is 26.4 Å². The minimum absolute atomic E-state index is 0.0707. The second kappa shape index (κ2) is 8.25. The number of pyridine rings is 1. The molecule has 5 nitrogen and oxygen atoms in total. The Labute approximate surface area is 170 Å². The second-order valence-electron chi connectivity index (χ2n) is 7.08. The minimum Gasteiger partial charge on any atom is -0.368 e. The predicted molar refractivity (Wildman–Crippen MR) is 111 cm³/mol. The van der Waals surface area contributed by atoms with Gasteiger partial charge in [0.15, 0.2) is 0 Å². The van der Waals surface area contributed by atoms with Crippen LogP contribution in [0.25, 0.3) is 0 Å². The molecule has 0 saturated carbocycles. The maximum Gasteiger partial charge on any atom is 0.132 e.